The Morgan fingerprint density at radius 2 is 1.92 bits per heavy atom. The number of esters is 1. The summed E-state index contributed by atoms with van der Waals surface area (Å²) in [6.07, 6.45) is 0. The van der Waals surface area contributed by atoms with Gasteiger partial charge in [-0.3, -0.25) is 14.9 Å². The summed E-state index contributed by atoms with van der Waals surface area (Å²) in [6.45, 7) is 5.37. The Morgan fingerprint density at radius 3 is 2.56 bits per heavy atom. The van der Waals surface area contributed by atoms with Crippen molar-refractivity contribution in [3.8, 4) is 0 Å². The number of guanidine groups is 1. The molecule has 7 heteroatoms. The molecule has 2 heterocycles. The van der Waals surface area contributed by atoms with Crippen molar-refractivity contribution < 1.29 is 14.3 Å². The average Bonchev–Trinajstić information content (AvgIpc) is 2.62. The minimum Gasteiger partial charge on any atom is -0.465 e. The first-order valence-corrected chi connectivity index (χ1v) is 8.64. The Morgan fingerprint density at radius 1 is 1.24 bits per heavy atom. The van der Waals surface area contributed by atoms with Gasteiger partial charge in [0.2, 0.25) is 11.9 Å². The molecule has 1 aromatic carbocycles. The van der Waals surface area contributed by atoms with Crippen molar-refractivity contribution >= 4 is 17.8 Å². The van der Waals surface area contributed by atoms with E-state index in [0.717, 1.165) is 31.7 Å². The van der Waals surface area contributed by atoms with Gasteiger partial charge in [0.15, 0.2) is 5.92 Å². The molecule has 1 fully saturated rings. The number of amides is 1. The highest BCUT2D eigenvalue weighted by molar-refractivity contribution is 6.08. The van der Waals surface area contributed by atoms with E-state index in [0.29, 0.717) is 5.96 Å². The fourth-order valence-electron chi connectivity index (χ4n) is 3.13. The van der Waals surface area contributed by atoms with Gasteiger partial charge >= 0.3 is 5.97 Å². The molecule has 0 aliphatic carbocycles. The second kappa shape index (κ2) is 7.65. The fourth-order valence-corrected chi connectivity index (χ4v) is 3.13. The monoisotopic (exact) mass is 344 g/mol. The summed E-state index contributed by atoms with van der Waals surface area (Å²) >= 11 is 0. The van der Waals surface area contributed by atoms with Crippen LogP contribution in [0.2, 0.25) is 0 Å². The summed E-state index contributed by atoms with van der Waals surface area (Å²) in [5, 5.41) is 2.81. The Kier molecular flexibility index (Phi) is 5.33. The van der Waals surface area contributed by atoms with Crippen LogP contribution in [-0.2, 0) is 14.3 Å². The van der Waals surface area contributed by atoms with Gasteiger partial charge in [0, 0.05) is 26.2 Å². The van der Waals surface area contributed by atoms with E-state index in [1.54, 1.807) is 6.92 Å². The molecule has 0 bridgehead atoms. The van der Waals surface area contributed by atoms with E-state index < -0.39 is 17.9 Å². The van der Waals surface area contributed by atoms with Gasteiger partial charge in [-0.15, -0.1) is 0 Å². The van der Waals surface area contributed by atoms with Gasteiger partial charge in [-0.2, -0.15) is 0 Å². The van der Waals surface area contributed by atoms with E-state index in [1.165, 1.54) is 0 Å². The summed E-state index contributed by atoms with van der Waals surface area (Å²) in [5.74, 6) is -1.29. The molecule has 0 aromatic heterocycles. The maximum absolute atomic E-state index is 12.7. The third-order valence-corrected chi connectivity index (χ3v) is 4.58. The number of benzene rings is 1. The van der Waals surface area contributed by atoms with Gasteiger partial charge in [0.25, 0.3) is 0 Å². The number of nitrogens with zero attached hydrogens (tertiary/aromatic N) is 3. The number of hydrogen-bond donors (Lipinski definition) is 1. The van der Waals surface area contributed by atoms with E-state index in [-0.39, 0.29) is 12.5 Å². The first kappa shape index (κ1) is 17.4. The van der Waals surface area contributed by atoms with E-state index in [4.69, 9.17) is 9.73 Å². The maximum atomic E-state index is 12.7. The minimum atomic E-state index is -0.960. The molecule has 25 heavy (non-hydrogen) atoms. The fraction of sp³-hybridized carbons (Fsp3) is 0.500. The van der Waals surface area contributed by atoms with Crippen LogP contribution in [0.25, 0.3) is 0 Å². The molecule has 1 saturated heterocycles. The van der Waals surface area contributed by atoms with E-state index in [2.05, 4.69) is 22.2 Å². The molecule has 0 spiro atoms. The zero-order valence-electron chi connectivity index (χ0n) is 14.6. The Bertz CT molecular complexity index is 654. The lowest BCUT2D eigenvalue weighted by Gasteiger charge is -2.37. The van der Waals surface area contributed by atoms with Crippen LogP contribution in [0.4, 0.5) is 0 Å². The van der Waals surface area contributed by atoms with E-state index in [1.807, 2.05) is 30.3 Å². The highest BCUT2D eigenvalue weighted by Crippen LogP contribution is 2.30. The standard InChI is InChI=1S/C18H24N4O3/c1-3-25-17(24)14-15(13-7-5-4-6-8-13)19-18(20-16(14)23)22-11-9-21(2)10-12-22/h4-8,14-15H,3,9-12H2,1-2H3,(H,19,20,23)/t14-,15+/m1/s1. The summed E-state index contributed by atoms with van der Waals surface area (Å²) in [4.78, 5) is 34.1. The van der Waals surface area contributed by atoms with Crippen LogP contribution in [0.15, 0.2) is 35.3 Å². The molecule has 1 amide bonds. The van der Waals surface area contributed by atoms with Gasteiger partial charge < -0.3 is 14.5 Å². The summed E-state index contributed by atoms with van der Waals surface area (Å²) in [6, 6.07) is 8.88. The maximum Gasteiger partial charge on any atom is 0.321 e. The lowest BCUT2D eigenvalue weighted by atomic mass is 9.91. The highest BCUT2D eigenvalue weighted by Gasteiger charge is 2.42. The molecular formula is C18H24N4O3. The quantitative estimate of drug-likeness (QED) is 0.643. The predicted molar refractivity (Wildman–Crippen MR) is 94.0 cm³/mol. The van der Waals surface area contributed by atoms with Crippen LogP contribution >= 0.6 is 0 Å². The summed E-state index contributed by atoms with van der Waals surface area (Å²) in [5.41, 5.74) is 0.835. The molecular weight excluding hydrogens is 320 g/mol. The Labute approximate surface area is 147 Å². The Hall–Kier alpha value is -2.41. The average molecular weight is 344 g/mol. The topological polar surface area (TPSA) is 74.2 Å². The van der Waals surface area contributed by atoms with Gasteiger partial charge in [0.1, 0.15) is 6.04 Å². The molecule has 0 unspecified atom stereocenters. The van der Waals surface area contributed by atoms with Crippen LogP contribution in [0.3, 0.4) is 0 Å². The van der Waals surface area contributed by atoms with Crippen molar-refractivity contribution in [1.82, 2.24) is 15.1 Å². The normalized spacial score (nSPS) is 24.5. The number of likely N-dealkylation sites (N-methyl/N-ethyl adjacent to an activating group) is 1. The van der Waals surface area contributed by atoms with Crippen molar-refractivity contribution in [3.63, 3.8) is 0 Å². The van der Waals surface area contributed by atoms with E-state index >= 15 is 0 Å². The van der Waals surface area contributed by atoms with E-state index in [9.17, 15) is 9.59 Å². The lowest BCUT2D eigenvalue weighted by Crippen LogP contribution is -2.56. The van der Waals surface area contributed by atoms with Crippen molar-refractivity contribution in [1.29, 1.82) is 0 Å². The summed E-state index contributed by atoms with van der Waals surface area (Å²) in [7, 11) is 2.07. The molecule has 134 valence electrons. The third-order valence-electron chi connectivity index (χ3n) is 4.58. The van der Waals surface area contributed by atoms with Crippen molar-refractivity contribution in [2.45, 2.75) is 13.0 Å². The predicted octanol–water partition coefficient (Wildman–Crippen LogP) is 0.640. The number of ether oxygens (including phenoxy) is 1. The molecule has 3 rings (SSSR count). The molecule has 1 aromatic rings. The molecule has 2 aliphatic rings. The SMILES string of the molecule is CCOC(=O)[C@H]1C(=O)NC(N2CCN(C)CC2)=N[C@H]1c1ccccc1. The largest absolute Gasteiger partial charge is 0.465 e. The molecule has 2 aliphatic heterocycles. The molecule has 1 N–H and O–H groups in total. The first-order chi connectivity index (χ1) is 12.1. The second-order valence-electron chi connectivity index (χ2n) is 6.32. The van der Waals surface area contributed by atoms with Crippen molar-refractivity contribution in [2.75, 3.05) is 39.8 Å². The van der Waals surface area contributed by atoms with Gasteiger partial charge in [-0.05, 0) is 19.5 Å². The van der Waals surface area contributed by atoms with Crippen LogP contribution in [0.1, 0.15) is 18.5 Å². The van der Waals surface area contributed by atoms with Gasteiger partial charge in [-0.1, -0.05) is 30.3 Å². The second-order valence-corrected chi connectivity index (χ2v) is 6.32. The zero-order valence-corrected chi connectivity index (χ0v) is 14.6. The number of carbonyl (C=O) groups excluding carboxylic acids is 2. The molecule has 0 radical (unpaired) electrons. The van der Waals surface area contributed by atoms with Crippen LogP contribution < -0.4 is 5.32 Å². The summed E-state index contributed by atoms with van der Waals surface area (Å²) < 4.78 is 5.11. The van der Waals surface area contributed by atoms with Gasteiger partial charge in [0.05, 0.1) is 6.61 Å². The van der Waals surface area contributed by atoms with Crippen molar-refractivity contribution in [2.24, 2.45) is 10.9 Å². The molecule has 2 atom stereocenters. The number of piperazine rings is 1. The van der Waals surface area contributed by atoms with Crippen LogP contribution in [0.5, 0.6) is 0 Å². The van der Waals surface area contributed by atoms with Crippen LogP contribution in [-0.4, -0.2) is 67.5 Å². The zero-order chi connectivity index (χ0) is 17.8. The first-order valence-electron chi connectivity index (χ1n) is 8.64. The lowest BCUT2D eigenvalue weighted by molar-refractivity contribution is -0.153. The number of aliphatic imine (C=N–C) groups is 1. The number of nitrogens with one attached hydrogen (secondary N) is 1. The molecule has 0 saturated carbocycles. The van der Waals surface area contributed by atoms with Crippen molar-refractivity contribution in [3.05, 3.63) is 35.9 Å². The number of rotatable bonds is 3. The third kappa shape index (κ3) is 3.82. The number of carbonyl (C=O) groups is 2. The Balaban J connectivity index is 1.91. The smallest absolute Gasteiger partial charge is 0.321 e. The van der Waals surface area contributed by atoms with Crippen LogP contribution in [0, 0.1) is 5.92 Å². The highest BCUT2D eigenvalue weighted by atomic mass is 16.5. The minimum absolute atomic E-state index is 0.235. The number of hydrogen-bond acceptors (Lipinski definition) is 6. The molecule has 7 nitrogen and oxygen atoms in total. The van der Waals surface area contributed by atoms with Gasteiger partial charge in [-0.25, -0.2) is 4.99 Å².